The number of amides is 1. The van der Waals surface area contributed by atoms with Gasteiger partial charge in [0.2, 0.25) is 0 Å². The van der Waals surface area contributed by atoms with Gasteiger partial charge in [0.15, 0.2) is 0 Å². The van der Waals surface area contributed by atoms with Gasteiger partial charge < -0.3 is 15.2 Å². The van der Waals surface area contributed by atoms with Crippen LogP contribution in [0, 0.1) is 11.6 Å². The highest BCUT2D eigenvalue weighted by Gasteiger charge is 2.29. The van der Waals surface area contributed by atoms with Gasteiger partial charge in [0.1, 0.15) is 29.4 Å². The lowest BCUT2D eigenvalue weighted by Gasteiger charge is -2.26. The molecule has 8 heteroatoms. The fraction of sp³-hybridized carbons (Fsp3) is 0.353. The first kappa shape index (κ1) is 18.7. The minimum Gasteiger partial charge on any atom is -0.444 e. The van der Waals surface area contributed by atoms with E-state index in [9.17, 15) is 18.7 Å². The van der Waals surface area contributed by atoms with Crippen LogP contribution in [-0.2, 0) is 4.74 Å². The number of carbonyl (C=O) groups is 1. The Hall–Kier alpha value is -2.61. The Kier molecular flexibility index (Phi) is 5.63. The van der Waals surface area contributed by atoms with Gasteiger partial charge in [-0.2, -0.15) is 0 Å². The summed E-state index contributed by atoms with van der Waals surface area (Å²) in [5, 5.41) is 13.0. The van der Waals surface area contributed by atoms with E-state index in [1.54, 1.807) is 20.8 Å². The third kappa shape index (κ3) is 5.46. The molecule has 0 aliphatic rings. The number of aliphatic hydroxyl groups is 1. The summed E-state index contributed by atoms with van der Waals surface area (Å²) in [7, 11) is 0. The normalized spacial score (nSPS) is 13.8. The predicted molar refractivity (Wildman–Crippen MR) is 85.5 cm³/mol. The Morgan fingerprint density at radius 3 is 2.04 bits per heavy atom. The summed E-state index contributed by atoms with van der Waals surface area (Å²) in [5.74, 6) is -1.12. The molecular formula is C17H19F2N3O3. The van der Waals surface area contributed by atoms with Crippen LogP contribution >= 0.6 is 0 Å². The van der Waals surface area contributed by atoms with Crippen LogP contribution in [0.5, 0.6) is 0 Å². The summed E-state index contributed by atoms with van der Waals surface area (Å²) in [6.45, 7) is 5.07. The van der Waals surface area contributed by atoms with Crippen LogP contribution in [0.3, 0.4) is 0 Å². The maximum atomic E-state index is 13.1. The van der Waals surface area contributed by atoms with Gasteiger partial charge in [-0.15, -0.1) is 0 Å². The molecule has 0 saturated heterocycles. The molecule has 2 atom stereocenters. The van der Waals surface area contributed by atoms with E-state index in [0.717, 1.165) is 24.5 Å². The van der Waals surface area contributed by atoms with E-state index in [4.69, 9.17) is 4.74 Å². The molecule has 1 amide bonds. The molecule has 25 heavy (non-hydrogen) atoms. The molecule has 0 fully saturated rings. The molecule has 6 nitrogen and oxygen atoms in total. The Bertz CT molecular complexity index is 715. The van der Waals surface area contributed by atoms with Gasteiger partial charge in [-0.3, -0.25) is 9.97 Å². The summed E-state index contributed by atoms with van der Waals surface area (Å²) < 4.78 is 31.3. The van der Waals surface area contributed by atoms with Gasteiger partial charge in [0.25, 0.3) is 0 Å². The fourth-order valence-corrected chi connectivity index (χ4v) is 2.05. The Balaban J connectivity index is 2.29. The quantitative estimate of drug-likeness (QED) is 0.884. The summed E-state index contributed by atoms with van der Waals surface area (Å²) in [6.07, 6.45) is -0.221. The maximum Gasteiger partial charge on any atom is 0.408 e. The minimum atomic E-state index is -1.34. The number of hydrogen-bond acceptors (Lipinski definition) is 5. The van der Waals surface area contributed by atoms with Gasteiger partial charge in [-0.1, -0.05) is 0 Å². The van der Waals surface area contributed by atoms with Gasteiger partial charge in [0.05, 0.1) is 23.8 Å². The molecule has 0 radical (unpaired) electrons. The van der Waals surface area contributed by atoms with E-state index in [0.29, 0.717) is 0 Å². The predicted octanol–water partition coefficient (Wildman–Crippen LogP) is 3.05. The maximum absolute atomic E-state index is 13.1. The number of aromatic nitrogens is 2. The standard InChI is InChI=1S/C17H19F2N3O3/c1-17(2,3)25-16(24)22-14(12-6-4-10(18)8-20-12)15(23)13-7-5-11(19)9-21-13/h4-9,14-15,23H,1-3H3,(H,22,24)/t14-,15+/m1/s1. The average molecular weight is 351 g/mol. The summed E-state index contributed by atoms with van der Waals surface area (Å²) in [5.41, 5.74) is -0.427. The van der Waals surface area contributed by atoms with Crippen molar-refractivity contribution < 1.29 is 23.4 Å². The highest BCUT2D eigenvalue weighted by atomic mass is 19.1. The second-order valence-corrected chi connectivity index (χ2v) is 6.37. The number of halogens is 2. The largest absolute Gasteiger partial charge is 0.444 e. The third-order valence-electron chi connectivity index (χ3n) is 3.11. The van der Waals surface area contributed by atoms with Crippen LogP contribution in [0.25, 0.3) is 0 Å². The second-order valence-electron chi connectivity index (χ2n) is 6.37. The first-order chi connectivity index (χ1) is 11.7. The molecule has 2 aromatic rings. The Morgan fingerprint density at radius 1 is 1.08 bits per heavy atom. The van der Waals surface area contributed by atoms with Crippen molar-refractivity contribution in [1.29, 1.82) is 0 Å². The van der Waals surface area contributed by atoms with Crippen LogP contribution in [0.2, 0.25) is 0 Å². The van der Waals surface area contributed by atoms with Crippen LogP contribution in [0.1, 0.15) is 44.3 Å². The Morgan fingerprint density at radius 2 is 1.60 bits per heavy atom. The van der Waals surface area contributed by atoms with E-state index >= 15 is 0 Å². The number of nitrogens with one attached hydrogen (secondary N) is 1. The average Bonchev–Trinajstić information content (AvgIpc) is 2.52. The molecule has 2 aromatic heterocycles. The zero-order valence-electron chi connectivity index (χ0n) is 14.0. The molecule has 0 aliphatic heterocycles. The monoisotopic (exact) mass is 351 g/mol. The first-order valence-corrected chi connectivity index (χ1v) is 7.56. The summed E-state index contributed by atoms with van der Waals surface area (Å²) >= 11 is 0. The topological polar surface area (TPSA) is 84.3 Å². The van der Waals surface area contributed by atoms with E-state index in [-0.39, 0.29) is 11.4 Å². The Labute approximate surface area is 143 Å². The van der Waals surface area contributed by atoms with Crippen molar-refractivity contribution in [2.45, 2.75) is 38.5 Å². The molecule has 134 valence electrons. The summed E-state index contributed by atoms with van der Waals surface area (Å²) in [6, 6.07) is 3.83. The molecule has 0 aliphatic carbocycles. The third-order valence-corrected chi connectivity index (χ3v) is 3.11. The molecule has 0 saturated carbocycles. The van der Waals surface area contributed by atoms with E-state index < -0.39 is 35.5 Å². The number of pyridine rings is 2. The van der Waals surface area contributed by atoms with Crippen molar-refractivity contribution in [3.8, 4) is 0 Å². The number of ether oxygens (including phenoxy) is 1. The van der Waals surface area contributed by atoms with Gasteiger partial charge in [-0.05, 0) is 45.0 Å². The second kappa shape index (κ2) is 7.52. The van der Waals surface area contributed by atoms with Crippen molar-refractivity contribution in [3.05, 3.63) is 59.7 Å². The fourth-order valence-electron chi connectivity index (χ4n) is 2.05. The lowest BCUT2D eigenvalue weighted by Crippen LogP contribution is -2.37. The lowest BCUT2D eigenvalue weighted by molar-refractivity contribution is 0.0411. The van der Waals surface area contributed by atoms with Crippen molar-refractivity contribution in [2.75, 3.05) is 0 Å². The highest BCUT2D eigenvalue weighted by molar-refractivity contribution is 5.68. The molecule has 0 unspecified atom stereocenters. The van der Waals surface area contributed by atoms with Crippen molar-refractivity contribution in [3.63, 3.8) is 0 Å². The number of aliphatic hydroxyl groups excluding tert-OH is 1. The zero-order chi connectivity index (χ0) is 18.6. The molecule has 2 N–H and O–H groups in total. The van der Waals surface area contributed by atoms with Gasteiger partial charge in [0, 0.05) is 0 Å². The lowest BCUT2D eigenvalue weighted by atomic mass is 10.0. The number of nitrogens with zero attached hydrogens (tertiary/aromatic N) is 2. The minimum absolute atomic E-state index is 0.119. The molecule has 2 rings (SSSR count). The van der Waals surface area contributed by atoms with Crippen LogP contribution < -0.4 is 5.32 Å². The molecular weight excluding hydrogens is 332 g/mol. The first-order valence-electron chi connectivity index (χ1n) is 7.56. The number of rotatable bonds is 4. The summed E-state index contributed by atoms with van der Waals surface area (Å²) in [4.78, 5) is 19.8. The number of carbonyl (C=O) groups excluding carboxylic acids is 1. The van der Waals surface area contributed by atoms with Crippen molar-refractivity contribution >= 4 is 6.09 Å². The van der Waals surface area contributed by atoms with Gasteiger partial charge >= 0.3 is 6.09 Å². The smallest absolute Gasteiger partial charge is 0.408 e. The van der Waals surface area contributed by atoms with Crippen LogP contribution in [0.15, 0.2) is 36.7 Å². The van der Waals surface area contributed by atoms with E-state index in [2.05, 4.69) is 15.3 Å². The van der Waals surface area contributed by atoms with Crippen molar-refractivity contribution in [1.82, 2.24) is 15.3 Å². The highest BCUT2D eigenvalue weighted by Crippen LogP contribution is 2.27. The molecule has 2 heterocycles. The van der Waals surface area contributed by atoms with Crippen molar-refractivity contribution in [2.24, 2.45) is 0 Å². The van der Waals surface area contributed by atoms with Crippen LogP contribution in [-0.4, -0.2) is 26.8 Å². The molecule has 0 aromatic carbocycles. The zero-order valence-corrected chi connectivity index (χ0v) is 14.0. The van der Waals surface area contributed by atoms with Crippen LogP contribution in [0.4, 0.5) is 13.6 Å². The molecule has 0 bridgehead atoms. The number of hydrogen-bond donors (Lipinski definition) is 2. The number of alkyl carbamates (subject to hydrolysis) is 1. The van der Waals surface area contributed by atoms with E-state index in [1.807, 2.05) is 0 Å². The van der Waals surface area contributed by atoms with Gasteiger partial charge in [-0.25, -0.2) is 13.6 Å². The SMILES string of the molecule is CC(C)(C)OC(=O)N[C@H](c1ccc(F)cn1)[C@@H](O)c1ccc(F)cn1. The molecule has 0 spiro atoms. The van der Waals surface area contributed by atoms with E-state index in [1.165, 1.54) is 12.1 Å².